The molecule has 3 aromatic heterocycles. The maximum absolute atomic E-state index is 4.76. The monoisotopic (exact) mass is 518 g/mol. The molecule has 6 nitrogen and oxygen atoms in total. The smallest absolute Gasteiger partial charge is 0.158 e. The van der Waals surface area contributed by atoms with E-state index in [1.54, 1.807) is 0 Å². The molecule has 6 heteroatoms. The molecule has 0 saturated carbocycles. The van der Waals surface area contributed by atoms with Crippen molar-refractivity contribution in [2.75, 3.05) is 28.4 Å². The number of anilines is 6. The summed E-state index contributed by atoms with van der Waals surface area (Å²) in [6.07, 6.45) is 5.78. The van der Waals surface area contributed by atoms with Gasteiger partial charge in [-0.1, -0.05) is 48.5 Å². The summed E-state index contributed by atoms with van der Waals surface area (Å²) in [5.41, 5.74) is 7.61. The molecule has 0 atom stereocenters. The molecule has 0 unspecified atom stereocenters. The highest BCUT2D eigenvalue weighted by atomic mass is 15.4. The van der Waals surface area contributed by atoms with Crippen LogP contribution in [0.2, 0.25) is 0 Å². The van der Waals surface area contributed by atoms with Crippen LogP contribution in [0.15, 0.2) is 128 Å². The molecule has 7 aromatic rings. The molecule has 8 rings (SSSR count). The number of aromatic nitrogens is 3. The molecule has 0 saturated heterocycles. The summed E-state index contributed by atoms with van der Waals surface area (Å²) in [5.74, 6) is 0.979. The molecule has 1 aliphatic rings. The first kappa shape index (κ1) is 22.6. The second kappa shape index (κ2) is 8.85. The summed E-state index contributed by atoms with van der Waals surface area (Å²) >= 11 is 0. The topological polar surface area (TPSA) is 39.9 Å². The van der Waals surface area contributed by atoms with E-state index in [1.807, 2.05) is 24.7 Å². The number of rotatable bonds is 4. The van der Waals surface area contributed by atoms with Gasteiger partial charge in [0, 0.05) is 59.2 Å². The van der Waals surface area contributed by atoms with Crippen molar-refractivity contribution in [3.8, 4) is 0 Å². The van der Waals surface area contributed by atoms with Crippen molar-refractivity contribution in [2.24, 2.45) is 0 Å². The highest BCUT2D eigenvalue weighted by Crippen LogP contribution is 2.42. The van der Waals surface area contributed by atoms with Crippen LogP contribution in [0.5, 0.6) is 0 Å². The fourth-order valence-corrected chi connectivity index (χ4v) is 5.98. The molecule has 40 heavy (non-hydrogen) atoms. The van der Waals surface area contributed by atoms with Gasteiger partial charge < -0.3 is 14.7 Å². The van der Waals surface area contributed by atoms with Crippen molar-refractivity contribution in [1.29, 1.82) is 0 Å². The average Bonchev–Trinajstić information content (AvgIpc) is 3.64. The minimum Gasteiger partial charge on any atom is -0.354 e. The summed E-state index contributed by atoms with van der Waals surface area (Å²) in [4.78, 5) is 16.3. The maximum atomic E-state index is 4.76. The third-order valence-electron chi connectivity index (χ3n) is 7.80. The molecule has 0 aliphatic carbocycles. The molecule has 192 valence electrons. The highest BCUT2D eigenvalue weighted by Gasteiger charge is 2.26. The zero-order valence-corrected chi connectivity index (χ0v) is 22.0. The molecule has 0 bridgehead atoms. The average molecular weight is 519 g/mol. The van der Waals surface area contributed by atoms with E-state index < -0.39 is 0 Å². The van der Waals surface area contributed by atoms with Crippen molar-refractivity contribution >= 4 is 61.6 Å². The Labute approximate surface area is 232 Å². The lowest BCUT2D eigenvalue weighted by atomic mass is 10.0. The third kappa shape index (κ3) is 3.43. The Balaban J connectivity index is 1.32. The summed E-state index contributed by atoms with van der Waals surface area (Å²) in [6, 6.07) is 38.6. The molecule has 0 amide bonds. The zero-order chi connectivity index (χ0) is 26.6. The Hall–Kier alpha value is -5.36. The normalized spacial score (nSPS) is 12.9. The predicted octanol–water partition coefficient (Wildman–Crippen LogP) is 8.05. The van der Waals surface area contributed by atoms with Gasteiger partial charge in [-0.25, -0.2) is 9.97 Å². The molecule has 4 heterocycles. The number of fused-ring (bicyclic) bond motifs is 7. The first-order chi connectivity index (χ1) is 19.8. The minimum absolute atomic E-state index is 0.752. The van der Waals surface area contributed by atoms with Crippen molar-refractivity contribution in [3.63, 3.8) is 0 Å². The lowest BCUT2D eigenvalue weighted by Crippen LogP contribution is -2.24. The van der Waals surface area contributed by atoms with Crippen LogP contribution in [0.1, 0.15) is 0 Å². The molecule has 0 fully saturated rings. The second-order valence-corrected chi connectivity index (χ2v) is 10.2. The van der Waals surface area contributed by atoms with Crippen LogP contribution in [-0.4, -0.2) is 28.1 Å². The Morgan fingerprint density at radius 2 is 1.48 bits per heavy atom. The Bertz CT molecular complexity index is 2030. The fourth-order valence-electron chi connectivity index (χ4n) is 5.98. The number of imidazole rings is 1. The number of hydrogen-bond donors (Lipinski definition) is 0. The van der Waals surface area contributed by atoms with Gasteiger partial charge in [-0.2, -0.15) is 0 Å². The second-order valence-electron chi connectivity index (χ2n) is 10.2. The van der Waals surface area contributed by atoms with Crippen LogP contribution in [0, 0.1) is 0 Å². The number of pyridine rings is 2. The highest BCUT2D eigenvalue weighted by molar-refractivity contribution is 6.12. The number of benzene rings is 4. The number of nitrogens with zero attached hydrogens (tertiary/aromatic N) is 6. The van der Waals surface area contributed by atoms with Crippen molar-refractivity contribution in [3.05, 3.63) is 128 Å². The van der Waals surface area contributed by atoms with Crippen LogP contribution in [0.4, 0.5) is 34.3 Å². The molecule has 0 N–H and O–H groups in total. The van der Waals surface area contributed by atoms with Gasteiger partial charge in [-0.15, -0.1) is 0 Å². The summed E-state index contributed by atoms with van der Waals surface area (Å²) in [5, 5.41) is 3.53. The maximum Gasteiger partial charge on any atom is 0.158 e. The number of hydrogen-bond acceptors (Lipinski definition) is 5. The fraction of sp³-hybridized carbons (Fsp3) is 0.0588. The lowest BCUT2D eigenvalue weighted by Gasteiger charge is -2.27. The molecule has 0 spiro atoms. The van der Waals surface area contributed by atoms with Gasteiger partial charge in [0.25, 0.3) is 0 Å². The summed E-state index contributed by atoms with van der Waals surface area (Å²) < 4.78 is 2.18. The molecule has 1 aliphatic heterocycles. The molecular weight excluding hydrogens is 492 g/mol. The van der Waals surface area contributed by atoms with Crippen LogP contribution in [0.25, 0.3) is 27.3 Å². The van der Waals surface area contributed by atoms with E-state index in [0.717, 1.165) is 57.5 Å². The standard InChI is InChI=1S/C34H26N6/c1-37-23-39(34-32(37)15-8-18-35-34)25-11-7-12-26(21-25)40(24-9-3-2-4-10-24)27-16-17-28-29-13-5-6-14-31(29)38-20-19-36-33(38)30(28)22-27/h2-22H,23H2,1H3. The van der Waals surface area contributed by atoms with E-state index in [0.29, 0.717) is 0 Å². The van der Waals surface area contributed by atoms with E-state index in [-0.39, 0.29) is 0 Å². The van der Waals surface area contributed by atoms with E-state index in [9.17, 15) is 0 Å². The Morgan fingerprint density at radius 1 is 0.650 bits per heavy atom. The Morgan fingerprint density at radius 3 is 2.40 bits per heavy atom. The van der Waals surface area contributed by atoms with E-state index in [2.05, 4.69) is 129 Å². The van der Waals surface area contributed by atoms with Crippen LogP contribution >= 0.6 is 0 Å². The first-order valence-corrected chi connectivity index (χ1v) is 13.4. The largest absolute Gasteiger partial charge is 0.354 e. The lowest BCUT2D eigenvalue weighted by molar-refractivity contribution is 0.944. The van der Waals surface area contributed by atoms with Gasteiger partial charge in [-0.05, 0) is 66.0 Å². The SMILES string of the molecule is CN1CN(c2cccc(N(c3ccccc3)c3ccc4c5ccccc5n5ccnc5c4c3)c2)c2ncccc21. The molecule has 4 aromatic carbocycles. The minimum atomic E-state index is 0.752. The van der Waals surface area contributed by atoms with Gasteiger partial charge in [0.15, 0.2) is 5.82 Å². The van der Waals surface area contributed by atoms with Gasteiger partial charge in [0.1, 0.15) is 5.65 Å². The van der Waals surface area contributed by atoms with Gasteiger partial charge >= 0.3 is 0 Å². The van der Waals surface area contributed by atoms with Gasteiger partial charge in [-0.3, -0.25) is 4.40 Å². The van der Waals surface area contributed by atoms with Crippen molar-refractivity contribution in [2.45, 2.75) is 0 Å². The predicted molar refractivity (Wildman–Crippen MR) is 165 cm³/mol. The summed E-state index contributed by atoms with van der Waals surface area (Å²) in [7, 11) is 2.11. The summed E-state index contributed by atoms with van der Waals surface area (Å²) in [6.45, 7) is 0.752. The van der Waals surface area contributed by atoms with Crippen LogP contribution in [0.3, 0.4) is 0 Å². The third-order valence-corrected chi connectivity index (χ3v) is 7.80. The zero-order valence-electron chi connectivity index (χ0n) is 22.0. The van der Waals surface area contributed by atoms with E-state index in [4.69, 9.17) is 9.97 Å². The van der Waals surface area contributed by atoms with Crippen LogP contribution in [-0.2, 0) is 0 Å². The Kier molecular flexibility index (Phi) is 5.00. The van der Waals surface area contributed by atoms with E-state index in [1.165, 1.54) is 10.8 Å². The van der Waals surface area contributed by atoms with Gasteiger partial charge in [0.05, 0.1) is 17.9 Å². The van der Waals surface area contributed by atoms with Crippen molar-refractivity contribution in [1.82, 2.24) is 14.4 Å². The van der Waals surface area contributed by atoms with Crippen LogP contribution < -0.4 is 14.7 Å². The first-order valence-electron chi connectivity index (χ1n) is 13.4. The number of para-hydroxylation sites is 2. The molecule has 0 radical (unpaired) electrons. The molecular formula is C34H26N6. The van der Waals surface area contributed by atoms with Gasteiger partial charge in [0.2, 0.25) is 0 Å². The quantitative estimate of drug-likeness (QED) is 0.221. The van der Waals surface area contributed by atoms with Crippen molar-refractivity contribution < 1.29 is 0 Å². The van der Waals surface area contributed by atoms with E-state index >= 15 is 0 Å².